The van der Waals surface area contributed by atoms with Gasteiger partial charge in [0.2, 0.25) is 0 Å². The van der Waals surface area contributed by atoms with Crippen LogP contribution in [0, 0.1) is 13.8 Å². The summed E-state index contributed by atoms with van der Waals surface area (Å²) in [4.78, 5) is 0. The predicted octanol–water partition coefficient (Wildman–Crippen LogP) is 7.31. The summed E-state index contributed by atoms with van der Waals surface area (Å²) < 4.78 is 0. The van der Waals surface area contributed by atoms with Crippen LogP contribution in [-0.2, 0) is 5.41 Å². The smallest absolute Gasteiger partial charge is 0.0435 e. The first-order valence-electron chi connectivity index (χ1n) is 9.96. The second-order valence-electron chi connectivity index (χ2n) is 8.10. The van der Waals surface area contributed by atoms with Crippen molar-refractivity contribution >= 4 is 0 Å². The zero-order chi connectivity index (χ0) is 19.3. The highest BCUT2D eigenvalue weighted by molar-refractivity contribution is 5.86. The lowest BCUT2D eigenvalue weighted by atomic mass is 9.73. The van der Waals surface area contributed by atoms with Gasteiger partial charge >= 0.3 is 0 Å². The van der Waals surface area contributed by atoms with Gasteiger partial charge in [0.05, 0.1) is 0 Å². The first kappa shape index (κ1) is 17.0. The van der Waals surface area contributed by atoms with Gasteiger partial charge in [-0.1, -0.05) is 84.9 Å². The average molecular weight is 361 g/mol. The molecule has 0 radical (unpaired) electrons. The van der Waals surface area contributed by atoms with E-state index in [1.165, 1.54) is 50.1 Å². The summed E-state index contributed by atoms with van der Waals surface area (Å²) in [5.41, 5.74) is 12.0. The first-order valence-corrected chi connectivity index (χ1v) is 9.96. The molecule has 0 fully saturated rings. The van der Waals surface area contributed by atoms with Crippen LogP contribution in [-0.4, -0.2) is 0 Å². The van der Waals surface area contributed by atoms with Gasteiger partial charge in [0.1, 0.15) is 0 Å². The Morgan fingerprint density at radius 1 is 0.536 bits per heavy atom. The van der Waals surface area contributed by atoms with E-state index >= 15 is 0 Å². The highest BCUT2D eigenvalue weighted by Crippen LogP contribution is 2.53. The van der Waals surface area contributed by atoms with Crippen molar-refractivity contribution in [2.24, 2.45) is 0 Å². The number of rotatable bonds is 2. The van der Waals surface area contributed by atoms with E-state index in [9.17, 15) is 0 Å². The summed E-state index contributed by atoms with van der Waals surface area (Å²) in [6, 6.07) is 33.4. The molecule has 0 N–H and O–H groups in total. The van der Waals surface area contributed by atoms with Gasteiger partial charge < -0.3 is 0 Å². The van der Waals surface area contributed by atoms with Crippen LogP contribution in [0.1, 0.15) is 34.7 Å². The first-order chi connectivity index (χ1) is 13.6. The number of aryl methyl sites for hydroxylation is 2. The Kier molecular flexibility index (Phi) is 3.77. The van der Waals surface area contributed by atoms with Gasteiger partial charge in [-0.25, -0.2) is 0 Å². The van der Waals surface area contributed by atoms with Crippen LogP contribution in [0.25, 0.3) is 22.3 Å². The Hall–Kier alpha value is -3.12. The molecular formula is C28H24. The van der Waals surface area contributed by atoms with Crippen LogP contribution < -0.4 is 0 Å². The Labute approximate surface area is 167 Å². The maximum atomic E-state index is 2.41. The lowest BCUT2D eigenvalue weighted by Crippen LogP contribution is -2.22. The van der Waals surface area contributed by atoms with Crippen molar-refractivity contribution in [3.8, 4) is 22.3 Å². The lowest BCUT2D eigenvalue weighted by Gasteiger charge is -2.29. The number of benzene rings is 4. The van der Waals surface area contributed by atoms with E-state index in [1.54, 1.807) is 0 Å². The molecule has 1 aliphatic carbocycles. The summed E-state index contributed by atoms with van der Waals surface area (Å²) in [5.74, 6) is 0. The fraction of sp³-hybridized carbons (Fsp3) is 0.143. The molecule has 1 unspecified atom stereocenters. The molecule has 4 aromatic rings. The largest absolute Gasteiger partial charge is 0.0622 e. The van der Waals surface area contributed by atoms with Crippen LogP contribution in [0.4, 0.5) is 0 Å². The van der Waals surface area contributed by atoms with Crippen LogP contribution in [0.2, 0.25) is 0 Å². The summed E-state index contributed by atoms with van der Waals surface area (Å²) in [5, 5.41) is 0. The number of hydrogen-bond acceptors (Lipinski definition) is 0. The van der Waals surface area contributed by atoms with Gasteiger partial charge in [-0.3, -0.25) is 0 Å². The molecular weight excluding hydrogens is 336 g/mol. The fourth-order valence-corrected chi connectivity index (χ4v) is 4.68. The molecule has 1 atom stereocenters. The van der Waals surface area contributed by atoms with Crippen molar-refractivity contribution < 1.29 is 0 Å². The van der Waals surface area contributed by atoms with Gasteiger partial charge in [-0.15, -0.1) is 0 Å². The third kappa shape index (κ3) is 2.38. The van der Waals surface area contributed by atoms with E-state index < -0.39 is 0 Å². The summed E-state index contributed by atoms with van der Waals surface area (Å²) in [6.07, 6.45) is 0. The van der Waals surface area contributed by atoms with Gasteiger partial charge in [-0.05, 0) is 76.9 Å². The Bertz CT molecular complexity index is 1170. The van der Waals surface area contributed by atoms with Gasteiger partial charge in [-0.2, -0.15) is 0 Å². The van der Waals surface area contributed by atoms with Crippen LogP contribution in [0.15, 0.2) is 91.0 Å². The molecule has 0 bridgehead atoms. The van der Waals surface area contributed by atoms with E-state index in [0.717, 1.165) is 0 Å². The second-order valence-corrected chi connectivity index (χ2v) is 8.10. The van der Waals surface area contributed by atoms with Gasteiger partial charge in [0.15, 0.2) is 0 Å². The van der Waals surface area contributed by atoms with E-state index in [1.807, 2.05) is 0 Å². The molecule has 0 nitrogen and oxygen atoms in total. The number of hydrogen-bond donors (Lipinski definition) is 0. The second kappa shape index (κ2) is 6.21. The van der Waals surface area contributed by atoms with E-state index in [0.29, 0.717) is 0 Å². The van der Waals surface area contributed by atoms with Crippen molar-refractivity contribution in [1.82, 2.24) is 0 Å². The van der Waals surface area contributed by atoms with Gasteiger partial charge in [0.25, 0.3) is 0 Å². The number of fused-ring (bicyclic) bond motifs is 3. The quantitative estimate of drug-likeness (QED) is 0.352. The zero-order valence-corrected chi connectivity index (χ0v) is 16.7. The Balaban J connectivity index is 1.82. The van der Waals surface area contributed by atoms with E-state index in [-0.39, 0.29) is 5.41 Å². The highest BCUT2D eigenvalue weighted by Gasteiger charge is 2.41. The summed E-state index contributed by atoms with van der Waals surface area (Å²) in [6.45, 7) is 6.82. The molecule has 136 valence electrons. The summed E-state index contributed by atoms with van der Waals surface area (Å²) in [7, 11) is 0. The van der Waals surface area contributed by atoms with Crippen LogP contribution in [0.5, 0.6) is 0 Å². The zero-order valence-electron chi connectivity index (χ0n) is 16.7. The fourth-order valence-electron chi connectivity index (χ4n) is 4.68. The van der Waals surface area contributed by atoms with Crippen LogP contribution in [0.3, 0.4) is 0 Å². The molecule has 4 aromatic carbocycles. The Morgan fingerprint density at radius 3 is 1.86 bits per heavy atom. The van der Waals surface area contributed by atoms with Gasteiger partial charge in [0, 0.05) is 5.41 Å². The van der Waals surface area contributed by atoms with Crippen molar-refractivity contribution in [2.45, 2.75) is 26.2 Å². The normalized spacial score (nSPS) is 17.2. The third-order valence-electron chi connectivity index (χ3n) is 6.48. The third-order valence-corrected chi connectivity index (χ3v) is 6.48. The molecule has 0 amide bonds. The van der Waals surface area contributed by atoms with Crippen molar-refractivity contribution in [3.05, 3.63) is 119 Å². The molecule has 5 rings (SSSR count). The van der Waals surface area contributed by atoms with Crippen LogP contribution >= 0.6 is 0 Å². The SMILES string of the molecule is Cc1cc2c(cc1C)C(C)(c1ccccc1)c1cc(-c3ccccc3)ccc1-2. The monoisotopic (exact) mass is 360 g/mol. The molecule has 0 saturated heterocycles. The minimum absolute atomic E-state index is 0.144. The molecule has 1 aliphatic rings. The molecule has 0 aromatic heterocycles. The minimum atomic E-state index is -0.144. The van der Waals surface area contributed by atoms with Crippen molar-refractivity contribution in [1.29, 1.82) is 0 Å². The molecule has 0 heteroatoms. The molecule has 0 saturated carbocycles. The molecule has 0 heterocycles. The minimum Gasteiger partial charge on any atom is -0.0622 e. The van der Waals surface area contributed by atoms with E-state index in [2.05, 4.69) is 112 Å². The van der Waals surface area contributed by atoms with Crippen molar-refractivity contribution in [3.63, 3.8) is 0 Å². The maximum absolute atomic E-state index is 2.41. The summed E-state index contributed by atoms with van der Waals surface area (Å²) >= 11 is 0. The highest BCUT2D eigenvalue weighted by atomic mass is 14.4. The molecule has 0 aliphatic heterocycles. The standard InChI is InChI=1S/C28H24/c1-19-16-25-24-15-14-22(21-10-6-4-7-11-21)18-27(24)28(3,26(25)17-20(19)2)23-12-8-5-9-13-23/h4-18H,1-3H3. The maximum Gasteiger partial charge on any atom is 0.0435 e. The lowest BCUT2D eigenvalue weighted by molar-refractivity contribution is 0.713. The van der Waals surface area contributed by atoms with Crippen molar-refractivity contribution in [2.75, 3.05) is 0 Å². The topological polar surface area (TPSA) is 0 Å². The molecule has 0 spiro atoms. The van der Waals surface area contributed by atoms with E-state index in [4.69, 9.17) is 0 Å². The predicted molar refractivity (Wildman–Crippen MR) is 119 cm³/mol. The molecule has 28 heavy (non-hydrogen) atoms. The average Bonchev–Trinajstić information content (AvgIpc) is 2.98. The Morgan fingerprint density at radius 2 is 1.14 bits per heavy atom.